The van der Waals surface area contributed by atoms with Gasteiger partial charge in [0.1, 0.15) is 0 Å². The average molecular weight is 177 g/mol. The lowest BCUT2D eigenvalue weighted by Crippen LogP contribution is -1.90. The van der Waals surface area contributed by atoms with E-state index in [-0.39, 0.29) is 0 Å². The highest BCUT2D eigenvalue weighted by molar-refractivity contribution is 7.17. The molecule has 2 N–H and O–H groups in total. The van der Waals surface area contributed by atoms with E-state index in [1.165, 1.54) is 21.2 Å². The van der Waals surface area contributed by atoms with Crippen LogP contribution in [0.4, 0.5) is 5.69 Å². The topological polar surface area (TPSA) is 26.0 Å². The molecule has 0 saturated heterocycles. The molecule has 1 nitrogen and oxygen atoms in total. The van der Waals surface area contributed by atoms with E-state index < -0.39 is 0 Å². The summed E-state index contributed by atoms with van der Waals surface area (Å²) in [4.78, 5) is 0. The lowest BCUT2D eigenvalue weighted by Gasteiger charge is -2.03. The molecule has 0 aliphatic heterocycles. The Kier molecular flexibility index (Phi) is 1.58. The number of nitrogen functional groups attached to an aromatic ring is 1. The number of anilines is 1. The molecule has 12 heavy (non-hydrogen) atoms. The van der Waals surface area contributed by atoms with E-state index in [2.05, 4.69) is 31.4 Å². The van der Waals surface area contributed by atoms with Crippen molar-refractivity contribution in [3.05, 3.63) is 28.6 Å². The summed E-state index contributed by atoms with van der Waals surface area (Å²) in [6.07, 6.45) is 0. The highest BCUT2D eigenvalue weighted by Gasteiger charge is 2.04. The van der Waals surface area contributed by atoms with Crippen LogP contribution < -0.4 is 5.73 Å². The van der Waals surface area contributed by atoms with Gasteiger partial charge in [0, 0.05) is 15.8 Å². The first-order valence-electron chi connectivity index (χ1n) is 3.93. The lowest BCUT2D eigenvalue weighted by molar-refractivity contribution is 1.44. The second kappa shape index (κ2) is 2.49. The van der Waals surface area contributed by atoms with Crippen molar-refractivity contribution in [2.24, 2.45) is 0 Å². The van der Waals surface area contributed by atoms with Gasteiger partial charge in [0.2, 0.25) is 0 Å². The Morgan fingerprint density at radius 3 is 2.75 bits per heavy atom. The monoisotopic (exact) mass is 177 g/mol. The smallest absolute Gasteiger partial charge is 0.0432 e. The molecule has 0 amide bonds. The highest BCUT2D eigenvalue weighted by atomic mass is 32.1. The predicted molar refractivity (Wildman–Crippen MR) is 55.7 cm³/mol. The van der Waals surface area contributed by atoms with Gasteiger partial charge in [0.05, 0.1) is 0 Å². The zero-order valence-corrected chi connectivity index (χ0v) is 8.03. The zero-order chi connectivity index (χ0) is 8.72. The van der Waals surface area contributed by atoms with Crippen molar-refractivity contribution in [2.45, 2.75) is 13.8 Å². The second-order valence-electron chi connectivity index (χ2n) is 3.09. The summed E-state index contributed by atoms with van der Waals surface area (Å²) in [5, 5.41) is 3.30. The molecule has 2 aromatic rings. The fraction of sp³-hybridized carbons (Fsp3) is 0.200. The molecule has 1 aromatic carbocycles. The normalized spacial score (nSPS) is 10.8. The van der Waals surface area contributed by atoms with Gasteiger partial charge in [0.25, 0.3) is 0 Å². The van der Waals surface area contributed by atoms with Crippen molar-refractivity contribution in [3.63, 3.8) is 0 Å². The van der Waals surface area contributed by atoms with Gasteiger partial charge in [-0.1, -0.05) is 6.07 Å². The zero-order valence-electron chi connectivity index (χ0n) is 7.22. The molecule has 0 atom stereocenters. The maximum absolute atomic E-state index is 5.94. The van der Waals surface area contributed by atoms with Gasteiger partial charge in [-0.3, -0.25) is 0 Å². The molecule has 1 aromatic heterocycles. The molecule has 0 fully saturated rings. The molecule has 0 bridgehead atoms. The summed E-state index contributed by atoms with van der Waals surface area (Å²) in [5.74, 6) is 0. The molecule has 1 heterocycles. The van der Waals surface area contributed by atoms with Crippen LogP contribution in [-0.2, 0) is 0 Å². The van der Waals surface area contributed by atoms with Crippen LogP contribution >= 0.6 is 11.3 Å². The van der Waals surface area contributed by atoms with Gasteiger partial charge >= 0.3 is 0 Å². The van der Waals surface area contributed by atoms with Crippen LogP contribution in [0.25, 0.3) is 10.1 Å². The summed E-state index contributed by atoms with van der Waals surface area (Å²) >= 11 is 1.76. The summed E-state index contributed by atoms with van der Waals surface area (Å²) in [6, 6.07) is 4.24. The molecule has 2 rings (SSSR count). The van der Waals surface area contributed by atoms with Crippen molar-refractivity contribution in [1.82, 2.24) is 0 Å². The van der Waals surface area contributed by atoms with Crippen molar-refractivity contribution >= 4 is 27.1 Å². The van der Waals surface area contributed by atoms with E-state index in [4.69, 9.17) is 5.73 Å². The number of thiophene rings is 1. The Hall–Kier alpha value is -1.02. The van der Waals surface area contributed by atoms with Gasteiger partial charge in [-0.05, 0) is 36.4 Å². The third-order valence-corrected chi connectivity index (χ3v) is 3.22. The van der Waals surface area contributed by atoms with E-state index in [0.29, 0.717) is 0 Å². The average Bonchev–Trinajstić information content (AvgIpc) is 2.48. The maximum Gasteiger partial charge on any atom is 0.0432 e. The molecule has 0 saturated carbocycles. The molecule has 0 spiro atoms. The third kappa shape index (κ3) is 0.916. The van der Waals surface area contributed by atoms with Gasteiger partial charge in [-0.15, -0.1) is 11.3 Å². The first-order chi connectivity index (χ1) is 5.70. The molecule has 62 valence electrons. The number of rotatable bonds is 0. The number of nitrogens with two attached hydrogens (primary N) is 1. The van der Waals surface area contributed by atoms with Crippen molar-refractivity contribution in [3.8, 4) is 0 Å². The van der Waals surface area contributed by atoms with E-state index in [1.54, 1.807) is 11.3 Å². The molecule has 0 unspecified atom stereocenters. The second-order valence-corrected chi connectivity index (χ2v) is 4.00. The van der Waals surface area contributed by atoms with Crippen molar-refractivity contribution in [1.29, 1.82) is 0 Å². The number of aryl methyl sites for hydroxylation is 2. The van der Waals surface area contributed by atoms with Crippen LogP contribution in [0.2, 0.25) is 0 Å². The van der Waals surface area contributed by atoms with Gasteiger partial charge in [0.15, 0.2) is 0 Å². The maximum atomic E-state index is 5.94. The molecule has 0 radical (unpaired) electrons. The van der Waals surface area contributed by atoms with E-state index in [1.807, 2.05) is 0 Å². The highest BCUT2D eigenvalue weighted by Crippen LogP contribution is 2.31. The first kappa shape index (κ1) is 7.62. The molecular formula is C10H11NS. The van der Waals surface area contributed by atoms with Crippen LogP contribution in [0.5, 0.6) is 0 Å². The number of hydrogen-bond acceptors (Lipinski definition) is 2. The standard InChI is InChI=1S/C10H11NS/c1-6-5-7(2)10-8(9(6)11)3-4-12-10/h3-5H,11H2,1-2H3. The predicted octanol–water partition coefficient (Wildman–Crippen LogP) is 3.10. The first-order valence-corrected chi connectivity index (χ1v) is 4.81. The summed E-state index contributed by atoms with van der Waals surface area (Å²) in [5.41, 5.74) is 9.37. The van der Waals surface area contributed by atoms with E-state index >= 15 is 0 Å². The summed E-state index contributed by atoms with van der Waals surface area (Å²) < 4.78 is 1.32. The van der Waals surface area contributed by atoms with Gasteiger partial charge < -0.3 is 5.73 Å². The van der Waals surface area contributed by atoms with Crippen LogP contribution in [0.15, 0.2) is 17.5 Å². The molecule has 0 aliphatic carbocycles. The molecule has 2 heteroatoms. The van der Waals surface area contributed by atoms with Crippen LogP contribution in [0.1, 0.15) is 11.1 Å². The fourth-order valence-corrected chi connectivity index (χ4v) is 2.40. The SMILES string of the molecule is Cc1cc(C)c2sccc2c1N. The Morgan fingerprint density at radius 1 is 1.25 bits per heavy atom. The summed E-state index contributed by atoms with van der Waals surface area (Å²) in [7, 11) is 0. The van der Waals surface area contributed by atoms with Crippen LogP contribution in [0.3, 0.4) is 0 Å². The number of hydrogen-bond donors (Lipinski definition) is 1. The Bertz CT molecular complexity index is 429. The molecular weight excluding hydrogens is 166 g/mol. The minimum absolute atomic E-state index is 0.928. The van der Waals surface area contributed by atoms with Crippen molar-refractivity contribution < 1.29 is 0 Å². The van der Waals surface area contributed by atoms with Crippen LogP contribution in [-0.4, -0.2) is 0 Å². The molecule has 0 aliphatic rings. The summed E-state index contributed by atoms with van der Waals surface area (Å²) in [6.45, 7) is 4.19. The van der Waals surface area contributed by atoms with Gasteiger partial charge in [-0.2, -0.15) is 0 Å². The van der Waals surface area contributed by atoms with Crippen LogP contribution in [0, 0.1) is 13.8 Å². The Morgan fingerprint density at radius 2 is 2.00 bits per heavy atom. The minimum atomic E-state index is 0.928. The van der Waals surface area contributed by atoms with Crippen molar-refractivity contribution in [2.75, 3.05) is 5.73 Å². The largest absolute Gasteiger partial charge is 0.398 e. The van der Waals surface area contributed by atoms with Gasteiger partial charge in [-0.25, -0.2) is 0 Å². The Balaban J connectivity index is 2.97. The quantitative estimate of drug-likeness (QED) is 0.615. The fourth-order valence-electron chi connectivity index (χ4n) is 1.51. The minimum Gasteiger partial charge on any atom is -0.398 e. The third-order valence-electron chi connectivity index (χ3n) is 2.17. The lowest BCUT2D eigenvalue weighted by atomic mass is 10.1. The number of fused-ring (bicyclic) bond motifs is 1. The number of benzene rings is 1. The van der Waals surface area contributed by atoms with E-state index in [0.717, 1.165) is 5.69 Å². The van der Waals surface area contributed by atoms with E-state index in [9.17, 15) is 0 Å². The Labute approximate surface area is 75.8 Å².